The minimum Gasteiger partial charge on any atom is -0.486 e. The van der Waals surface area contributed by atoms with Crippen LogP contribution < -0.4 is 15.2 Å². The number of nitrogens with zero attached hydrogens (tertiary/aromatic N) is 2. The van der Waals surface area contributed by atoms with Crippen molar-refractivity contribution in [3.8, 4) is 22.9 Å². The van der Waals surface area contributed by atoms with E-state index in [1.165, 1.54) is 0 Å². The third-order valence-electron chi connectivity index (χ3n) is 2.49. The zero-order valence-corrected chi connectivity index (χ0v) is 10.2. The minimum absolute atomic E-state index is 0.205. The summed E-state index contributed by atoms with van der Waals surface area (Å²) in [5.41, 5.74) is 6.42. The molecule has 6 nitrogen and oxygen atoms in total. The highest BCUT2D eigenvalue weighted by Gasteiger charge is 2.13. The third-order valence-corrected chi connectivity index (χ3v) is 2.67. The normalized spacial score (nSPS) is 13.3. The Kier molecular flexibility index (Phi) is 2.60. The number of hydrogen-bond donors (Lipinski definition) is 2. The number of anilines is 1. The molecular formula is C11H10N4O2S. The first kappa shape index (κ1) is 11.0. The Morgan fingerprint density at radius 2 is 1.94 bits per heavy atom. The number of rotatable bonds is 1. The highest BCUT2D eigenvalue weighted by atomic mass is 32.1. The lowest BCUT2D eigenvalue weighted by molar-refractivity contribution is 0.171. The zero-order chi connectivity index (χ0) is 12.5. The second-order valence-electron chi connectivity index (χ2n) is 3.72. The summed E-state index contributed by atoms with van der Waals surface area (Å²) in [5.74, 6) is 2.21. The third kappa shape index (κ3) is 2.00. The Bertz CT molecular complexity index is 656. The van der Waals surface area contributed by atoms with Crippen molar-refractivity contribution >= 4 is 18.2 Å². The monoisotopic (exact) mass is 262 g/mol. The van der Waals surface area contributed by atoms with Gasteiger partial charge < -0.3 is 20.2 Å². The summed E-state index contributed by atoms with van der Waals surface area (Å²) in [5, 5.41) is 0. The fourth-order valence-corrected chi connectivity index (χ4v) is 1.92. The smallest absolute Gasteiger partial charge is 0.224 e. The molecule has 2 aromatic rings. The van der Waals surface area contributed by atoms with Crippen molar-refractivity contribution < 1.29 is 9.47 Å². The Labute approximate surface area is 108 Å². The van der Waals surface area contributed by atoms with Crippen molar-refractivity contribution in [3.63, 3.8) is 0 Å². The van der Waals surface area contributed by atoms with E-state index in [1.54, 1.807) is 0 Å². The molecule has 0 aliphatic carbocycles. The van der Waals surface area contributed by atoms with Gasteiger partial charge in [0.05, 0.1) is 0 Å². The van der Waals surface area contributed by atoms with E-state index in [0.29, 0.717) is 24.8 Å². The van der Waals surface area contributed by atoms with Crippen LogP contribution >= 0.6 is 12.2 Å². The van der Waals surface area contributed by atoms with Gasteiger partial charge in [0.25, 0.3) is 0 Å². The zero-order valence-electron chi connectivity index (χ0n) is 9.34. The molecule has 1 aromatic carbocycles. The number of aromatic amines is 1. The SMILES string of the molecule is Nc1nc(=S)nc(-c2ccc3c(c2)OCCO3)[nH]1. The predicted octanol–water partition coefficient (Wildman–Crippen LogP) is 1.55. The van der Waals surface area contributed by atoms with E-state index in [2.05, 4.69) is 15.0 Å². The molecule has 1 aliphatic heterocycles. The van der Waals surface area contributed by atoms with Crippen LogP contribution in [0.3, 0.4) is 0 Å². The minimum atomic E-state index is 0.205. The van der Waals surface area contributed by atoms with E-state index in [1.807, 2.05) is 18.2 Å². The predicted molar refractivity (Wildman–Crippen MR) is 68.1 cm³/mol. The Balaban J connectivity index is 2.08. The fourth-order valence-electron chi connectivity index (χ4n) is 1.73. The molecule has 0 atom stereocenters. The van der Waals surface area contributed by atoms with Gasteiger partial charge in [0.15, 0.2) is 11.5 Å². The molecule has 0 unspecified atom stereocenters. The molecule has 18 heavy (non-hydrogen) atoms. The summed E-state index contributed by atoms with van der Waals surface area (Å²) in [6.45, 7) is 1.10. The Hall–Kier alpha value is -2.15. The van der Waals surface area contributed by atoms with Gasteiger partial charge in [-0.1, -0.05) is 0 Å². The molecule has 92 valence electrons. The summed E-state index contributed by atoms with van der Waals surface area (Å²) in [6.07, 6.45) is 0. The van der Waals surface area contributed by atoms with Crippen molar-refractivity contribution in [1.82, 2.24) is 15.0 Å². The van der Waals surface area contributed by atoms with Crippen LogP contribution in [0.25, 0.3) is 11.4 Å². The van der Waals surface area contributed by atoms with Crippen molar-refractivity contribution in [2.24, 2.45) is 0 Å². The molecule has 0 radical (unpaired) electrons. The number of ether oxygens (including phenoxy) is 2. The molecular weight excluding hydrogens is 252 g/mol. The summed E-state index contributed by atoms with van der Waals surface area (Å²) in [6, 6.07) is 5.53. The standard InChI is InChI=1S/C11H10N4O2S/c12-10-13-9(14-11(18)15-10)6-1-2-7-8(5-6)17-4-3-16-7/h1-2,5H,3-4H2,(H3,12,13,14,15,18). The molecule has 0 amide bonds. The van der Waals surface area contributed by atoms with Crippen molar-refractivity contribution in [3.05, 3.63) is 23.0 Å². The van der Waals surface area contributed by atoms with E-state index in [0.717, 1.165) is 11.3 Å². The first-order chi connectivity index (χ1) is 8.72. The van der Waals surface area contributed by atoms with Gasteiger partial charge in [0.1, 0.15) is 19.0 Å². The Morgan fingerprint density at radius 3 is 2.72 bits per heavy atom. The lowest BCUT2D eigenvalue weighted by Crippen LogP contribution is -2.15. The van der Waals surface area contributed by atoms with Crippen LogP contribution in [0.5, 0.6) is 11.5 Å². The largest absolute Gasteiger partial charge is 0.486 e. The summed E-state index contributed by atoms with van der Waals surface area (Å²) < 4.78 is 11.2. The topological polar surface area (TPSA) is 86.1 Å². The van der Waals surface area contributed by atoms with Gasteiger partial charge in [-0.25, -0.2) is 4.98 Å². The molecule has 3 N–H and O–H groups in total. The average molecular weight is 262 g/mol. The summed E-state index contributed by atoms with van der Waals surface area (Å²) in [4.78, 5) is 10.8. The van der Waals surface area contributed by atoms with Crippen LogP contribution in [0.2, 0.25) is 0 Å². The summed E-state index contributed by atoms with van der Waals surface area (Å²) in [7, 11) is 0. The van der Waals surface area contributed by atoms with Crippen LogP contribution in [0.15, 0.2) is 18.2 Å². The van der Waals surface area contributed by atoms with Gasteiger partial charge in [0, 0.05) is 5.56 Å². The average Bonchev–Trinajstić information content (AvgIpc) is 2.37. The molecule has 3 rings (SSSR count). The van der Waals surface area contributed by atoms with Crippen molar-refractivity contribution in [2.45, 2.75) is 0 Å². The molecule has 0 spiro atoms. The number of nitrogen functional groups attached to an aromatic ring is 1. The maximum atomic E-state index is 5.61. The number of nitrogens with one attached hydrogen (secondary N) is 1. The van der Waals surface area contributed by atoms with Gasteiger partial charge in [-0.05, 0) is 30.4 Å². The lowest BCUT2D eigenvalue weighted by atomic mass is 10.2. The van der Waals surface area contributed by atoms with Crippen LogP contribution in [0.1, 0.15) is 0 Å². The number of aromatic nitrogens is 3. The number of benzene rings is 1. The molecule has 1 aromatic heterocycles. The molecule has 0 bridgehead atoms. The van der Waals surface area contributed by atoms with Gasteiger partial charge in [-0.15, -0.1) is 0 Å². The van der Waals surface area contributed by atoms with Crippen LogP contribution in [0.4, 0.5) is 5.95 Å². The van der Waals surface area contributed by atoms with Crippen LogP contribution in [-0.4, -0.2) is 28.2 Å². The Morgan fingerprint density at radius 1 is 1.17 bits per heavy atom. The first-order valence-corrected chi connectivity index (χ1v) is 5.77. The van der Waals surface area contributed by atoms with E-state index >= 15 is 0 Å². The lowest BCUT2D eigenvalue weighted by Gasteiger charge is -2.18. The number of hydrogen-bond acceptors (Lipinski definition) is 6. The molecule has 0 saturated heterocycles. The maximum Gasteiger partial charge on any atom is 0.224 e. The van der Waals surface area contributed by atoms with Gasteiger partial charge in [-0.2, -0.15) is 4.98 Å². The van der Waals surface area contributed by atoms with Gasteiger partial charge >= 0.3 is 0 Å². The first-order valence-electron chi connectivity index (χ1n) is 5.36. The number of H-pyrrole nitrogens is 1. The van der Waals surface area contributed by atoms with E-state index in [4.69, 9.17) is 27.4 Å². The van der Waals surface area contributed by atoms with Crippen LogP contribution in [0, 0.1) is 4.77 Å². The number of fused-ring (bicyclic) bond motifs is 1. The summed E-state index contributed by atoms with van der Waals surface area (Å²) >= 11 is 4.93. The molecule has 0 saturated carbocycles. The molecule has 0 fully saturated rings. The quantitative estimate of drug-likeness (QED) is 0.758. The van der Waals surface area contributed by atoms with E-state index in [9.17, 15) is 0 Å². The van der Waals surface area contributed by atoms with Crippen molar-refractivity contribution in [2.75, 3.05) is 18.9 Å². The number of nitrogens with two attached hydrogens (primary N) is 1. The molecule has 1 aliphatic rings. The van der Waals surface area contributed by atoms with Gasteiger partial charge in [-0.3, -0.25) is 0 Å². The van der Waals surface area contributed by atoms with Crippen molar-refractivity contribution in [1.29, 1.82) is 0 Å². The highest BCUT2D eigenvalue weighted by molar-refractivity contribution is 7.71. The van der Waals surface area contributed by atoms with E-state index in [-0.39, 0.29) is 10.7 Å². The van der Waals surface area contributed by atoms with E-state index < -0.39 is 0 Å². The molecule has 2 heterocycles. The van der Waals surface area contributed by atoms with Gasteiger partial charge in [0.2, 0.25) is 10.7 Å². The van der Waals surface area contributed by atoms with Crippen LogP contribution in [-0.2, 0) is 0 Å². The second kappa shape index (κ2) is 4.26. The fraction of sp³-hybridized carbons (Fsp3) is 0.182. The molecule has 7 heteroatoms. The highest BCUT2D eigenvalue weighted by Crippen LogP contribution is 2.33. The maximum absolute atomic E-state index is 5.61. The second-order valence-corrected chi connectivity index (χ2v) is 4.09.